The van der Waals surface area contributed by atoms with Crippen LogP contribution in [-0.4, -0.2) is 18.2 Å². The highest BCUT2D eigenvalue weighted by atomic mass is 16.5. The lowest BCUT2D eigenvalue weighted by Crippen LogP contribution is -2.17. The Morgan fingerprint density at radius 2 is 1.85 bits per heavy atom. The van der Waals surface area contributed by atoms with Crippen LogP contribution in [0.2, 0.25) is 0 Å². The van der Waals surface area contributed by atoms with Crippen LogP contribution in [0.5, 0.6) is 0 Å². The van der Waals surface area contributed by atoms with E-state index in [2.05, 4.69) is 0 Å². The Kier molecular flexibility index (Phi) is 5.88. The average Bonchev–Trinajstić information content (AvgIpc) is 2.70. The predicted octanol–water partition coefficient (Wildman–Crippen LogP) is 3.78. The van der Waals surface area contributed by atoms with Crippen LogP contribution in [-0.2, 0) is 11.2 Å². The van der Waals surface area contributed by atoms with Gasteiger partial charge in [-0.3, -0.25) is 10.0 Å². The van der Waals surface area contributed by atoms with E-state index in [1.807, 2.05) is 54.4 Å². The van der Waals surface area contributed by atoms with Crippen molar-refractivity contribution in [3.8, 4) is 0 Å². The summed E-state index contributed by atoms with van der Waals surface area (Å²) in [5, 5.41) is 9.36. The topological polar surface area (TPSA) is 82.8 Å². The van der Waals surface area contributed by atoms with Gasteiger partial charge in [0, 0.05) is 30.6 Å². The number of nitrogens with zero attached hydrogens (tertiary/aromatic N) is 1. The van der Waals surface area contributed by atoms with Gasteiger partial charge in [-0.2, -0.15) is 0 Å². The van der Waals surface area contributed by atoms with Gasteiger partial charge in [0.1, 0.15) is 5.58 Å². The largest absolute Gasteiger partial charge is 0.423 e. The van der Waals surface area contributed by atoms with Gasteiger partial charge in [-0.05, 0) is 49.1 Å². The minimum Gasteiger partial charge on any atom is -0.423 e. The Bertz CT molecular complexity index is 979. The van der Waals surface area contributed by atoms with E-state index in [1.165, 1.54) is 11.6 Å². The molecule has 0 saturated heterocycles. The third kappa shape index (κ3) is 4.54. The molecule has 0 aliphatic rings. The van der Waals surface area contributed by atoms with Crippen molar-refractivity contribution in [1.29, 1.82) is 0 Å². The molecule has 140 valence electrons. The van der Waals surface area contributed by atoms with Crippen molar-refractivity contribution in [2.24, 2.45) is 0 Å². The van der Waals surface area contributed by atoms with E-state index in [4.69, 9.17) is 9.62 Å². The van der Waals surface area contributed by atoms with Crippen molar-refractivity contribution in [2.45, 2.75) is 25.7 Å². The van der Waals surface area contributed by atoms with Crippen LogP contribution in [0.25, 0.3) is 11.0 Å². The van der Waals surface area contributed by atoms with Crippen LogP contribution in [0.4, 0.5) is 11.4 Å². The second kappa shape index (κ2) is 8.51. The molecular weight excluding hydrogens is 344 g/mol. The van der Waals surface area contributed by atoms with Crippen LogP contribution >= 0.6 is 0 Å². The molecule has 0 spiro atoms. The first-order valence-corrected chi connectivity index (χ1v) is 8.87. The molecule has 0 fully saturated rings. The standard InChI is InChI=1S/C21H22N2O4/c1-23(18-14-21(25)27-19-8-4-3-7-17(18)19)16-12-10-15(11-13-16)6-2-5-9-20(24)22-26/h3-4,7-8,10-14,26H,2,5-6,9H2,1H3,(H,22,24). The zero-order valence-electron chi connectivity index (χ0n) is 15.1. The number of unbranched alkanes of at least 4 members (excludes halogenated alkanes) is 1. The number of amides is 1. The summed E-state index contributed by atoms with van der Waals surface area (Å²) in [6, 6.07) is 17.1. The van der Waals surface area contributed by atoms with E-state index in [1.54, 1.807) is 11.5 Å². The van der Waals surface area contributed by atoms with Gasteiger partial charge in [0.2, 0.25) is 5.91 Å². The summed E-state index contributed by atoms with van der Waals surface area (Å²) in [5.74, 6) is -0.355. The minimum absolute atomic E-state index is 0.320. The first-order chi connectivity index (χ1) is 13.1. The number of hydrogen-bond acceptors (Lipinski definition) is 5. The van der Waals surface area contributed by atoms with Gasteiger partial charge in [0.15, 0.2) is 0 Å². The number of carbonyl (C=O) groups is 1. The molecule has 0 aliphatic heterocycles. The molecule has 6 nitrogen and oxygen atoms in total. The lowest BCUT2D eigenvalue weighted by atomic mass is 10.1. The monoisotopic (exact) mass is 366 g/mol. The molecule has 1 amide bonds. The molecule has 0 radical (unpaired) electrons. The fourth-order valence-electron chi connectivity index (χ4n) is 3.07. The number of carbonyl (C=O) groups excluding carboxylic acids is 1. The normalized spacial score (nSPS) is 10.7. The summed E-state index contributed by atoms with van der Waals surface area (Å²) in [6.45, 7) is 0. The Morgan fingerprint density at radius 1 is 1.11 bits per heavy atom. The van der Waals surface area contributed by atoms with Gasteiger partial charge in [0.25, 0.3) is 0 Å². The average molecular weight is 366 g/mol. The maximum absolute atomic E-state index is 11.9. The van der Waals surface area contributed by atoms with Crippen LogP contribution in [0.1, 0.15) is 24.8 Å². The maximum Gasteiger partial charge on any atom is 0.338 e. The number of nitrogens with one attached hydrogen (secondary N) is 1. The Morgan fingerprint density at radius 3 is 2.59 bits per heavy atom. The number of hydroxylamine groups is 1. The highest BCUT2D eigenvalue weighted by molar-refractivity contribution is 5.92. The second-order valence-electron chi connectivity index (χ2n) is 6.41. The molecule has 0 unspecified atom stereocenters. The minimum atomic E-state index is -0.376. The number of rotatable bonds is 7. The van der Waals surface area contributed by atoms with Crippen molar-refractivity contribution in [3.63, 3.8) is 0 Å². The molecule has 0 saturated carbocycles. The van der Waals surface area contributed by atoms with Gasteiger partial charge in [-0.25, -0.2) is 10.3 Å². The SMILES string of the molecule is CN(c1ccc(CCCCC(=O)NO)cc1)c1cc(=O)oc2ccccc12. The summed E-state index contributed by atoms with van der Waals surface area (Å²) in [6.07, 6.45) is 2.77. The lowest BCUT2D eigenvalue weighted by Gasteiger charge is -2.21. The smallest absolute Gasteiger partial charge is 0.338 e. The van der Waals surface area contributed by atoms with Gasteiger partial charge in [0.05, 0.1) is 5.69 Å². The molecule has 27 heavy (non-hydrogen) atoms. The van der Waals surface area contributed by atoms with Crippen molar-refractivity contribution in [1.82, 2.24) is 5.48 Å². The molecule has 0 aliphatic carbocycles. The fraction of sp³-hybridized carbons (Fsp3) is 0.238. The summed E-state index contributed by atoms with van der Waals surface area (Å²) < 4.78 is 5.26. The second-order valence-corrected chi connectivity index (χ2v) is 6.41. The Hall–Kier alpha value is -3.12. The highest BCUT2D eigenvalue weighted by Crippen LogP contribution is 2.29. The van der Waals surface area contributed by atoms with E-state index in [9.17, 15) is 9.59 Å². The van der Waals surface area contributed by atoms with Crippen molar-refractivity contribution < 1.29 is 14.4 Å². The molecule has 0 atom stereocenters. The third-order valence-corrected chi connectivity index (χ3v) is 4.56. The van der Waals surface area contributed by atoms with E-state index in [0.717, 1.165) is 36.0 Å². The number of aryl methyl sites for hydroxylation is 1. The first-order valence-electron chi connectivity index (χ1n) is 8.87. The number of hydrogen-bond donors (Lipinski definition) is 2. The molecule has 2 N–H and O–H groups in total. The van der Waals surface area contributed by atoms with E-state index in [0.29, 0.717) is 12.0 Å². The lowest BCUT2D eigenvalue weighted by molar-refractivity contribution is -0.129. The predicted molar refractivity (Wildman–Crippen MR) is 104 cm³/mol. The van der Waals surface area contributed by atoms with Crippen molar-refractivity contribution >= 4 is 28.3 Å². The molecule has 3 rings (SSSR count). The third-order valence-electron chi connectivity index (χ3n) is 4.56. The zero-order chi connectivity index (χ0) is 19.2. The number of para-hydroxylation sites is 1. The molecule has 3 aromatic rings. The highest BCUT2D eigenvalue weighted by Gasteiger charge is 2.11. The Labute approximate surface area is 157 Å². The van der Waals surface area contributed by atoms with E-state index in [-0.39, 0.29) is 11.5 Å². The van der Waals surface area contributed by atoms with E-state index < -0.39 is 0 Å². The maximum atomic E-state index is 11.9. The number of benzene rings is 2. The van der Waals surface area contributed by atoms with Crippen molar-refractivity contribution in [2.75, 3.05) is 11.9 Å². The molecule has 1 heterocycles. The van der Waals surface area contributed by atoms with Gasteiger partial charge in [-0.1, -0.05) is 24.3 Å². The van der Waals surface area contributed by atoms with Crippen LogP contribution in [0.15, 0.2) is 63.8 Å². The first kappa shape index (κ1) is 18.7. The summed E-state index contributed by atoms with van der Waals surface area (Å²) in [4.78, 5) is 24.8. The Balaban J connectivity index is 1.72. The number of fused-ring (bicyclic) bond motifs is 1. The summed E-state index contributed by atoms with van der Waals surface area (Å²) >= 11 is 0. The molecule has 0 bridgehead atoms. The van der Waals surface area contributed by atoms with E-state index >= 15 is 0 Å². The van der Waals surface area contributed by atoms with Crippen LogP contribution < -0.4 is 16.0 Å². The molecular formula is C21H22N2O4. The van der Waals surface area contributed by atoms with Crippen molar-refractivity contribution in [3.05, 3.63) is 70.6 Å². The van der Waals surface area contributed by atoms with Crippen LogP contribution in [0, 0.1) is 0 Å². The summed E-state index contributed by atoms with van der Waals surface area (Å²) in [7, 11) is 1.92. The van der Waals surface area contributed by atoms with Gasteiger partial charge in [-0.15, -0.1) is 0 Å². The molecule has 2 aromatic carbocycles. The van der Waals surface area contributed by atoms with Gasteiger partial charge < -0.3 is 9.32 Å². The van der Waals surface area contributed by atoms with Gasteiger partial charge >= 0.3 is 5.63 Å². The zero-order valence-corrected chi connectivity index (χ0v) is 15.1. The fourth-order valence-corrected chi connectivity index (χ4v) is 3.07. The summed E-state index contributed by atoms with van der Waals surface area (Å²) in [5.41, 5.74) is 4.77. The number of anilines is 2. The molecule has 1 aromatic heterocycles. The molecule has 6 heteroatoms. The van der Waals surface area contributed by atoms with Crippen LogP contribution in [0.3, 0.4) is 0 Å². The quantitative estimate of drug-likeness (QED) is 0.288.